The molecule has 234 valence electrons. The molecule has 42 heavy (non-hydrogen) atoms. The van der Waals surface area contributed by atoms with E-state index in [1.54, 1.807) is 0 Å². The van der Waals surface area contributed by atoms with Gasteiger partial charge in [-0.05, 0) is 131 Å². The van der Waals surface area contributed by atoms with Gasteiger partial charge in [0.25, 0.3) is 0 Å². The van der Waals surface area contributed by atoms with Crippen molar-refractivity contribution in [2.75, 3.05) is 25.5 Å². The van der Waals surface area contributed by atoms with Crippen LogP contribution in [-0.2, 0) is 11.2 Å². The van der Waals surface area contributed by atoms with E-state index in [4.69, 9.17) is 0 Å². The number of benzene rings is 2. The van der Waals surface area contributed by atoms with E-state index in [0.717, 1.165) is 23.1 Å². The molecule has 4 heteroatoms. The Labute approximate surface area is 258 Å². The molecule has 1 aliphatic carbocycles. The zero-order valence-corrected chi connectivity index (χ0v) is 28.5. The number of piperidine rings is 1. The number of amides is 1. The molecule has 2 aliphatic rings. The molecule has 1 aliphatic heterocycles. The van der Waals surface area contributed by atoms with Crippen molar-refractivity contribution in [2.24, 2.45) is 5.92 Å². The second-order valence-electron chi connectivity index (χ2n) is 12.4. The molecule has 2 aromatic rings. The summed E-state index contributed by atoms with van der Waals surface area (Å²) in [5, 5.41) is 3.06. The van der Waals surface area contributed by atoms with Crippen molar-refractivity contribution < 1.29 is 9.59 Å². The Bertz CT molecular complexity index is 1130. The maximum Gasteiger partial charge on any atom is 0.226 e. The molecular formula is C38H60N2O2. The molecule has 1 atom stereocenters. The summed E-state index contributed by atoms with van der Waals surface area (Å²) in [5.41, 5.74) is 9.40. The third kappa shape index (κ3) is 13.1. The van der Waals surface area contributed by atoms with Crippen LogP contribution in [0.4, 0.5) is 5.69 Å². The average Bonchev–Trinajstić information content (AvgIpc) is 3.15. The van der Waals surface area contributed by atoms with Gasteiger partial charge in [0.05, 0.1) is 0 Å². The Kier molecular flexibility index (Phi) is 18.0. The number of hydrogen-bond acceptors (Lipinski definition) is 3. The lowest BCUT2D eigenvalue weighted by atomic mass is 9.92. The number of aryl methyl sites for hydroxylation is 3. The smallest absolute Gasteiger partial charge is 0.226 e. The topological polar surface area (TPSA) is 49.4 Å². The van der Waals surface area contributed by atoms with Crippen LogP contribution in [0.5, 0.6) is 0 Å². The van der Waals surface area contributed by atoms with Crippen LogP contribution in [0.1, 0.15) is 138 Å². The van der Waals surface area contributed by atoms with Crippen LogP contribution in [0.2, 0.25) is 0 Å². The van der Waals surface area contributed by atoms with Crippen LogP contribution < -0.4 is 5.32 Å². The first-order valence-corrected chi connectivity index (χ1v) is 16.3. The van der Waals surface area contributed by atoms with Gasteiger partial charge in [0.1, 0.15) is 6.29 Å². The number of nitrogens with one attached hydrogen (secondary N) is 1. The number of allylic oxidation sites excluding steroid dienone is 2. The fourth-order valence-corrected chi connectivity index (χ4v) is 5.14. The maximum absolute atomic E-state index is 11.9. The SMILES string of the molecule is C/C=C(/C)c1cc(C=O)ccc1C.CCC.CN1CCCCC1.Cc1cc2c(cc1NC(=O)C(C)C)C(C)CCCC2. The largest absolute Gasteiger partial charge is 0.326 e. The van der Waals surface area contributed by atoms with Crippen molar-refractivity contribution in [3.63, 3.8) is 0 Å². The highest BCUT2D eigenvalue weighted by atomic mass is 16.1. The minimum atomic E-state index is 0.0237. The van der Waals surface area contributed by atoms with E-state index in [2.05, 4.69) is 77.0 Å². The van der Waals surface area contributed by atoms with E-state index in [-0.39, 0.29) is 11.8 Å². The van der Waals surface area contributed by atoms with Gasteiger partial charge in [0.2, 0.25) is 5.91 Å². The molecule has 0 bridgehead atoms. The minimum absolute atomic E-state index is 0.0237. The van der Waals surface area contributed by atoms with E-state index in [1.807, 2.05) is 39.0 Å². The third-order valence-electron chi connectivity index (χ3n) is 7.97. The first-order chi connectivity index (χ1) is 20.0. The third-order valence-corrected chi connectivity index (χ3v) is 7.97. The quantitative estimate of drug-likeness (QED) is 0.291. The molecule has 0 radical (unpaired) electrons. The number of rotatable bonds is 4. The van der Waals surface area contributed by atoms with Crippen molar-refractivity contribution in [3.05, 3.63) is 69.8 Å². The number of nitrogens with zero attached hydrogens (tertiary/aromatic N) is 1. The van der Waals surface area contributed by atoms with Crippen LogP contribution in [0.15, 0.2) is 36.4 Å². The highest BCUT2D eigenvalue weighted by molar-refractivity contribution is 5.93. The Morgan fingerprint density at radius 3 is 2.17 bits per heavy atom. The number of anilines is 1. The summed E-state index contributed by atoms with van der Waals surface area (Å²) in [6.45, 7) is 21.2. The summed E-state index contributed by atoms with van der Waals surface area (Å²) in [5.74, 6) is 0.729. The molecule has 1 amide bonds. The van der Waals surface area contributed by atoms with Gasteiger partial charge in [0.15, 0.2) is 0 Å². The van der Waals surface area contributed by atoms with Gasteiger partial charge in [-0.3, -0.25) is 9.59 Å². The molecule has 1 fully saturated rings. The number of aldehydes is 1. The molecule has 1 heterocycles. The van der Waals surface area contributed by atoms with Crippen molar-refractivity contribution in [1.82, 2.24) is 4.90 Å². The summed E-state index contributed by atoms with van der Waals surface area (Å²) in [4.78, 5) is 24.8. The molecule has 1 unspecified atom stereocenters. The number of likely N-dealkylation sites (tertiary alicyclic amines) is 1. The van der Waals surface area contributed by atoms with Gasteiger partial charge < -0.3 is 10.2 Å². The molecule has 0 spiro atoms. The van der Waals surface area contributed by atoms with Crippen molar-refractivity contribution in [2.45, 2.75) is 120 Å². The second kappa shape index (κ2) is 20.2. The Morgan fingerprint density at radius 2 is 1.64 bits per heavy atom. The molecule has 4 nitrogen and oxygen atoms in total. The molecule has 0 saturated carbocycles. The summed E-state index contributed by atoms with van der Waals surface area (Å²) >= 11 is 0. The summed E-state index contributed by atoms with van der Waals surface area (Å²) in [6, 6.07) is 10.2. The predicted octanol–water partition coefficient (Wildman–Crippen LogP) is 10.2. The number of carbonyl (C=O) groups is 2. The minimum Gasteiger partial charge on any atom is -0.326 e. The van der Waals surface area contributed by atoms with Crippen molar-refractivity contribution in [3.8, 4) is 0 Å². The van der Waals surface area contributed by atoms with Gasteiger partial charge in [-0.2, -0.15) is 0 Å². The molecule has 4 rings (SSSR count). The molecular weight excluding hydrogens is 516 g/mol. The van der Waals surface area contributed by atoms with Crippen LogP contribution in [0.3, 0.4) is 0 Å². The monoisotopic (exact) mass is 576 g/mol. The first kappa shape index (κ1) is 37.3. The molecule has 0 aromatic heterocycles. The zero-order valence-electron chi connectivity index (χ0n) is 28.5. The number of carbonyl (C=O) groups excluding carboxylic acids is 2. The van der Waals surface area contributed by atoms with E-state index < -0.39 is 0 Å². The van der Waals surface area contributed by atoms with Crippen LogP contribution in [0.25, 0.3) is 5.57 Å². The molecule has 1 N–H and O–H groups in total. The molecule has 1 saturated heterocycles. The normalized spacial score (nSPS) is 16.7. The zero-order chi connectivity index (χ0) is 31.7. The highest BCUT2D eigenvalue weighted by Gasteiger charge is 2.18. The second-order valence-corrected chi connectivity index (χ2v) is 12.4. The Hall–Kier alpha value is -2.72. The van der Waals surface area contributed by atoms with Gasteiger partial charge in [-0.25, -0.2) is 0 Å². The lowest BCUT2D eigenvalue weighted by Gasteiger charge is -2.20. The lowest BCUT2D eigenvalue weighted by molar-refractivity contribution is -0.118. The molecule has 2 aromatic carbocycles. The predicted molar refractivity (Wildman–Crippen MR) is 184 cm³/mol. The fraction of sp³-hybridized carbons (Fsp3) is 0.579. The van der Waals surface area contributed by atoms with Gasteiger partial charge >= 0.3 is 0 Å². The average molecular weight is 577 g/mol. The first-order valence-electron chi connectivity index (χ1n) is 16.3. The van der Waals surface area contributed by atoms with E-state index >= 15 is 0 Å². The van der Waals surface area contributed by atoms with E-state index in [0.29, 0.717) is 5.92 Å². The summed E-state index contributed by atoms with van der Waals surface area (Å²) in [6.07, 6.45) is 13.5. The van der Waals surface area contributed by atoms with Gasteiger partial charge in [-0.15, -0.1) is 0 Å². The lowest BCUT2D eigenvalue weighted by Crippen LogP contribution is -2.24. The standard InChI is InChI=1S/C17H25NO.C12H14O.C6H13N.C3H8/c1-11(2)17(19)18-16-10-15-12(3)7-5-6-8-14(15)9-13(16)4;1-4-9(2)12-7-11(8-13)6-5-10(12)3;1-7-5-3-2-4-6-7;1-3-2/h9-12H,5-8H2,1-4H3,(H,18,19);4-8H,1-3H3;2-6H2,1H3;3H2,1-2H3/b;9-4-;;. The van der Waals surface area contributed by atoms with E-state index in [9.17, 15) is 9.59 Å². The van der Waals surface area contributed by atoms with Crippen LogP contribution in [0, 0.1) is 19.8 Å². The van der Waals surface area contributed by atoms with Crippen LogP contribution in [-0.4, -0.2) is 37.2 Å². The Morgan fingerprint density at radius 1 is 1.00 bits per heavy atom. The van der Waals surface area contributed by atoms with Crippen molar-refractivity contribution in [1.29, 1.82) is 0 Å². The number of hydrogen-bond donors (Lipinski definition) is 1. The summed E-state index contributed by atoms with van der Waals surface area (Å²) in [7, 11) is 2.19. The Balaban J connectivity index is 0.000000330. The summed E-state index contributed by atoms with van der Waals surface area (Å²) < 4.78 is 0. The van der Waals surface area contributed by atoms with Gasteiger partial charge in [0, 0.05) is 17.2 Å². The maximum atomic E-state index is 11.9. The van der Waals surface area contributed by atoms with E-state index in [1.165, 1.54) is 92.3 Å². The number of fused-ring (bicyclic) bond motifs is 1. The highest BCUT2D eigenvalue weighted by Crippen LogP contribution is 2.33. The van der Waals surface area contributed by atoms with Gasteiger partial charge in [-0.1, -0.05) is 78.2 Å². The van der Waals surface area contributed by atoms with Crippen LogP contribution >= 0.6 is 0 Å². The fourth-order valence-electron chi connectivity index (χ4n) is 5.14. The van der Waals surface area contributed by atoms with Crippen molar-refractivity contribution >= 4 is 23.5 Å².